The van der Waals surface area contributed by atoms with Gasteiger partial charge in [-0.05, 0) is 24.3 Å². The van der Waals surface area contributed by atoms with Crippen molar-refractivity contribution in [2.24, 2.45) is 0 Å². The smallest absolute Gasteiger partial charge is 0.342 e. The van der Waals surface area contributed by atoms with Crippen molar-refractivity contribution in [1.82, 2.24) is 9.78 Å². The van der Waals surface area contributed by atoms with E-state index in [-0.39, 0.29) is 5.56 Å². The normalized spacial score (nSPS) is 10.3. The van der Waals surface area contributed by atoms with Crippen molar-refractivity contribution in [3.8, 4) is 5.69 Å². The van der Waals surface area contributed by atoms with Gasteiger partial charge in [-0.2, -0.15) is 0 Å². The van der Waals surface area contributed by atoms with E-state index in [1.54, 1.807) is 0 Å². The molecule has 0 unspecified atom stereocenters. The third-order valence-corrected chi connectivity index (χ3v) is 2.09. The maximum atomic E-state index is 12.6. The van der Waals surface area contributed by atoms with E-state index in [1.165, 1.54) is 24.3 Å². The second kappa shape index (κ2) is 3.65. The first-order valence-electron chi connectivity index (χ1n) is 4.39. The number of benzene rings is 1. The molecule has 1 heterocycles. The molecule has 2 aromatic rings. The Morgan fingerprint density at radius 1 is 1.31 bits per heavy atom. The van der Waals surface area contributed by atoms with E-state index < -0.39 is 17.3 Å². The van der Waals surface area contributed by atoms with Crippen LogP contribution in [0.25, 0.3) is 5.69 Å². The minimum Gasteiger partial charge on any atom is -0.477 e. The molecule has 0 aliphatic rings. The van der Waals surface area contributed by atoms with Gasteiger partial charge in [0, 0.05) is 6.20 Å². The fourth-order valence-corrected chi connectivity index (χ4v) is 1.31. The zero-order valence-electron chi connectivity index (χ0n) is 7.98. The molecule has 0 aliphatic carbocycles. The third-order valence-electron chi connectivity index (χ3n) is 2.09. The van der Waals surface area contributed by atoms with Crippen LogP contribution in [0, 0.1) is 5.82 Å². The number of hydrogen-bond donors (Lipinski definition) is 2. The first-order valence-corrected chi connectivity index (χ1v) is 4.39. The van der Waals surface area contributed by atoms with E-state index in [1.807, 2.05) is 0 Å². The number of aromatic carboxylic acids is 1. The van der Waals surface area contributed by atoms with Gasteiger partial charge in [-0.1, -0.05) is 0 Å². The summed E-state index contributed by atoms with van der Waals surface area (Å²) in [6.07, 6.45) is 1.09. The van der Waals surface area contributed by atoms with Crippen LogP contribution in [0.2, 0.25) is 0 Å². The number of halogens is 1. The number of carbonyl (C=O) groups is 1. The molecule has 0 saturated carbocycles. The second-order valence-corrected chi connectivity index (χ2v) is 3.11. The fraction of sp³-hybridized carbons (Fsp3) is 0. The fourth-order valence-electron chi connectivity index (χ4n) is 1.31. The predicted octanol–water partition coefficient (Wildman–Crippen LogP) is 1.00. The monoisotopic (exact) mass is 222 g/mol. The zero-order chi connectivity index (χ0) is 11.7. The maximum Gasteiger partial charge on any atom is 0.342 e. The molecule has 2 N–H and O–H groups in total. The molecule has 16 heavy (non-hydrogen) atoms. The number of aromatic amines is 1. The van der Waals surface area contributed by atoms with Crippen LogP contribution in [0.5, 0.6) is 0 Å². The number of hydrogen-bond acceptors (Lipinski definition) is 2. The summed E-state index contributed by atoms with van der Waals surface area (Å²) in [5, 5.41) is 11.2. The van der Waals surface area contributed by atoms with Crippen LogP contribution in [-0.4, -0.2) is 20.9 Å². The lowest BCUT2D eigenvalue weighted by Crippen LogP contribution is -2.19. The molecular weight excluding hydrogens is 215 g/mol. The molecule has 82 valence electrons. The molecular formula is C10H7FN2O3. The minimum atomic E-state index is -1.30. The SMILES string of the molecule is O=C(O)c1c[nH]n(-c2ccc(F)cc2)c1=O. The van der Waals surface area contributed by atoms with Gasteiger partial charge in [0.05, 0.1) is 5.69 Å². The quantitative estimate of drug-likeness (QED) is 0.796. The summed E-state index contributed by atoms with van der Waals surface area (Å²) in [6, 6.07) is 5.11. The Labute approximate surface area is 88.7 Å². The third kappa shape index (κ3) is 1.60. The van der Waals surface area contributed by atoms with E-state index >= 15 is 0 Å². The van der Waals surface area contributed by atoms with Gasteiger partial charge in [0.25, 0.3) is 5.56 Å². The van der Waals surface area contributed by atoms with Gasteiger partial charge in [-0.15, -0.1) is 0 Å². The molecule has 0 bridgehead atoms. The number of H-pyrrole nitrogens is 1. The predicted molar refractivity (Wildman–Crippen MR) is 53.3 cm³/mol. The zero-order valence-corrected chi connectivity index (χ0v) is 7.98. The van der Waals surface area contributed by atoms with Gasteiger partial charge in [-0.25, -0.2) is 13.9 Å². The Balaban J connectivity index is 2.53. The number of nitrogens with one attached hydrogen (secondary N) is 1. The summed E-state index contributed by atoms with van der Waals surface area (Å²) in [5.41, 5.74) is -0.665. The average molecular weight is 222 g/mol. The number of carboxylic acid groups (broad SMARTS) is 1. The van der Waals surface area contributed by atoms with Crippen molar-refractivity contribution in [3.63, 3.8) is 0 Å². The minimum absolute atomic E-state index is 0.357. The molecule has 1 aromatic heterocycles. The molecule has 1 aromatic carbocycles. The van der Waals surface area contributed by atoms with Crippen LogP contribution in [0.1, 0.15) is 10.4 Å². The van der Waals surface area contributed by atoms with Crippen LogP contribution in [0.15, 0.2) is 35.3 Å². The van der Waals surface area contributed by atoms with Gasteiger partial charge in [0.1, 0.15) is 11.4 Å². The van der Waals surface area contributed by atoms with Crippen molar-refractivity contribution >= 4 is 5.97 Å². The summed E-state index contributed by atoms with van der Waals surface area (Å²) < 4.78 is 13.7. The molecule has 0 atom stereocenters. The summed E-state index contributed by atoms with van der Waals surface area (Å²) in [4.78, 5) is 22.2. The number of carboxylic acids is 1. The highest BCUT2D eigenvalue weighted by Crippen LogP contribution is 2.06. The van der Waals surface area contributed by atoms with Gasteiger partial charge in [0.15, 0.2) is 0 Å². The number of nitrogens with zero attached hydrogens (tertiary/aromatic N) is 1. The summed E-state index contributed by atoms with van der Waals surface area (Å²) in [7, 11) is 0. The van der Waals surface area contributed by atoms with E-state index in [0.717, 1.165) is 10.9 Å². The Morgan fingerprint density at radius 3 is 2.44 bits per heavy atom. The Kier molecular flexibility index (Phi) is 2.32. The molecule has 0 amide bonds. The van der Waals surface area contributed by atoms with Crippen LogP contribution >= 0.6 is 0 Å². The van der Waals surface area contributed by atoms with Crippen molar-refractivity contribution in [1.29, 1.82) is 0 Å². The van der Waals surface area contributed by atoms with Gasteiger partial charge in [-0.3, -0.25) is 9.89 Å². The Bertz CT molecular complexity index is 583. The van der Waals surface area contributed by atoms with E-state index in [2.05, 4.69) is 5.10 Å². The molecule has 0 saturated heterocycles. The molecule has 6 heteroatoms. The van der Waals surface area contributed by atoms with Gasteiger partial charge >= 0.3 is 5.97 Å². The lowest BCUT2D eigenvalue weighted by atomic mass is 10.3. The summed E-state index contributed by atoms with van der Waals surface area (Å²) in [6.45, 7) is 0. The average Bonchev–Trinajstić information content (AvgIpc) is 2.61. The highest BCUT2D eigenvalue weighted by Gasteiger charge is 2.13. The van der Waals surface area contributed by atoms with Gasteiger partial charge in [0.2, 0.25) is 0 Å². The lowest BCUT2D eigenvalue weighted by Gasteiger charge is -1.99. The maximum absolute atomic E-state index is 12.6. The highest BCUT2D eigenvalue weighted by atomic mass is 19.1. The molecule has 5 nitrogen and oxygen atoms in total. The Morgan fingerprint density at radius 2 is 1.94 bits per heavy atom. The van der Waals surface area contributed by atoms with Crippen LogP contribution in [0.3, 0.4) is 0 Å². The van der Waals surface area contributed by atoms with Crippen molar-refractivity contribution < 1.29 is 14.3 Å². The van der Waals surface area contributed by atoms with Crippen LogP contribution in [-0.2, 0) is 0 Å². The standard InChI is InChI=1S/C10H7FN2O3/c11-6-1-3-7(4-2-6)13-9(14)8(5-12-13)10(15)16/h1-5,12H,(H,15,16). The van der Waals surface area contributed by atoms with Crippen LogP contribution in [0.4, 0.5) is 4.39 Å². The van der Waals surface area contributed by atoms with Crippen molar-refractivity contribution in [3.05, 3.63) is 52.2 Å². The molecule has 0 fully saturated rings. The van der Waals surface area contributed by atoms with E-state index in [9.17, 15) is 14.0 Å². The molecule has 2 rings (SSSR count). The summed E-state index contributed by atoms with van der Waals surface area (Å²) in [5.74, 6) is -1.73. The molecule has 0 spiro atoms. The van der Waals surface area contributed by atoms with Crippen LogP contribution < -0.4 is 5.56 Å². The van der Waals surface area contributed by atoms with E-state index in [0.29, 0.717) is 5.69 Å². The largest absolute Gasteiger partial charge is 0.477 e. The molecule has 0 radical (unpaired) electrons. The topological polar surface area (TPSA) is 75.1 Å². The first-order chi connectivity index (χ1) is 7.59. The highest BCUT2D eigenvalue weighted by molar-refractivity contribution is 5.86. The molecule has 0 aliphatic heterocycles. The number of aromatic nitrogens is 2. The lowest BCUT2D eigenvalue weighted by molar-refractivity contribution is 0.0695. The first kappa shape index (κ1) is 10.2. The van der Waals surface area contributed by atoms with Gasteiger partial charge < -0.3 is 5.11 Å². The summed E-state index contributed by atoms with van der Waals surface area (Å²) >= 11 is 0. The van der Waals surface area contributed by atoms with E-state index in [4.69, 9.17) is 5.11 Å². The number of rotatable bonds is 2. The van der Waals surface area contributed by atoms with Crippen molar-refractivity contribution in [2.75, 3.05) is 0 Å². The second-order valence-electron chi connectivity index (χ2n) is 3.11. The van der Waals surface area contributed by atoms with Crippen molar-refractivity contribution in [2.45, 2.75) is 0 Å². The Hall–Kier alpha value is -2.37.